The van der Waals surface area contributed by atoms with Crippen LogP contribution in [0.15, 0.2) is 0 Å². The van der Waals surface area contributed by atoms with Crippen molar-refractivity contribution in [1.29, 1.82) is 0 Å². The predicted molar refractivity (Wildman–Crippen MR) is 52.7 cm³/mol. The van der Waals surface area contributed by atoms with E-state index in [1.807, 2.05) is 0 Å². The third kappa shape index (κ3) is 0.557. The summed E-state index contributed by atoms with van der Waals surface area (Å²) in [6.07, 6.45) is 7.83. The summed E-state index contributed by atoms with van der Waals surface area (Å²) in [5.41, 5.74) is 0.933. The van der Waals surface area contributed by atoms with Gasteiger partial charge >= 0.3 is 0 Å². The lowest BCUT2D eigenvalue weighted by Crippen LogP contribution is -2.09. The van der Waals surface area contributed by atoms with Crippen molar-refractivity contribution in [2.75, 3.05) is 6.16 Å². The topological polar surface area (TPSA) is 0 Å². The van der Waals surface area contributed by atoms with Gasteiger partial charge in [0.25, 0.3) is 0 Å². The maximum Gasteiger partial charge on any atom is -0.00808 e. The Morgan fingerprint density at radius 2 is 2.25 bits per heavy atom. The van der Waals surface area contributed by atoms with E-state index in [0.29, 0.717) is 0 Å². The van der Waals surface area contributed by atoms with Gasteiger partial charge in [-0.15, -0.1) is 8.20 Å². The molecular weight excluding hydrogens is 163 g/mol. The molecule has 2 bridgehead atoms. The van der Waals surface area contributed by atoms with Crippen molar-refractivity contribution in [3.8, 4) is 0 Å². The highest BCUT2D eigenvalue weighted by atomic mass is 31.1. The first-order valence-corrected chi connectivity index (χ1v) is 6.58. The Kier molecular flexibility index (Phi) is 1.00. The summed E-state index contributed by atoms with van der Waals surface area (Å²) >= 11 is 0. The average Bonchev–Trinajstić information content (AvgIpc) is 2.85. The fourth-order valence-corrected chi connectivity index (χ4v) is 5.67. The Morgan fingerprint density at radius 1 is 1.25 bits per heavy atom. The lowest BCUT2D eigenvalue weighted by molar-refractivity contribution is 0.422. The van der Waals surface area contributed by atoms with Gasteiger partial charge in [0.2, 0.25) is 0 Å². The van der Waals surface area contributed by atoms with Crippen molar-refractivity contribution >= 4 is 14.0 Å². The van der Waals surface area contributed by atoms with Crippen LogP contribution in [0.5, 0.6) is 0 Å². The van der Waals surface area contributed by atoms with Crippen molar-refractivity contribution in [2.24, 2.45) is 29.1 Å². The summed E-state index contributed by atoms with van der Waals surface area (Å²) in [7, 11) is 1.68. The highest BCUT2D eigenvalue weighted by molar-refractivity contribution is 7.38. The van der Waals surface area contributed by atoms with Gasteiger partial charge in [-0.2, -0.15) is 0 Å². The molecule has 3 fully saturated rings. The predicted octanol–water partition coefficient (Wildman–Crippen LogP) is 2.80. The molecular formula is C11H15P. The molecule has 0 N–H and O–H groups in total. The number of rotatable bonds is 0. The second-order valence-electron chi connectivity index (χ2n) is 5.27. The Hall–Kier alpha value is 0.170. The molecule has 0 aromatic heterocycles. The van der Waals surface area contributed by atoms with E-state index in [-0.39, 0.29) is 0 Å². The normalized spacial score (nSPS) is 67.3. The molecule has 0 saturated heterocycles. The average molecular weight is 178 g/mol. The number of fused-ring (bicyclic) bond motifs is 4. The summed E-state index contributed by atoms with van der Waals surface area (Å²) in [5.74, 6) is 7.26. The number of hydrogen-bond acceptors (Lipinski definition) is 0. The Balaban J connectivity index is 1.77. The largest absolute Gasteiger partial charge is 0.108 e. The van der Waals surface area contributed by atoms with Gasteiger partial charge in [0.1, 0.15) is 0 Å². The van der Waals surface area contributed by atoms with E-state index in [1.165, 1.54) is 18.0 Å². The van der Waals surface area contributed by atoms with Crippen LogP contribution in [-0.4, -0.2) is 12.0 Å². The standard InChI is InChI=1S/C11H15P/c1-2-8-10-9-6-12-5-7(1)3-4-11(8,9)10/h6-10H,1-5H2. The van der Waals surface area contributed by atoms with Gasteiger partial charge in [-0.25, -0.2) is 0 Å². The van der Waals surface area contributed by atoms with Crippen molar-refractivity contribution in [1.82, 2.24) is 0 Å². The molecule has 0 amide bonds. The summed E-state index contributed by atoms with van der Waals surface area (Å²) in [4.78, 5) is 0. The summed E-state index contributed by atoms with van der Waals surface area (Å²) in [5, 5.41) is 0. The van der Waals surface area contributed by atoms with E-state index in [4.69, 9.17) is 0 Å². The first-order valence-electron chi connectivity index (χ1n) is 5.43. The van der Waals surface area contributed by atoms with E-state index in [9.17, 15) is 0 Å². The molecule has 5 atom stereocenters. The van der Waals surface area contributed by atoms with E-state index < -0.39 is 0 Å². The van der Waals surface area contributed by atoms with Gasteiger partial charge in [-0.05, 0) is 60.9 Å². The Bertz CT molecular complexity index is 270. The van der Waals surface area contributed by atoms with E-state index >= 15 is 0 Å². The zero-order chi connectivity index (χ0) is 7.76. The van der Waals surface area contributed by atoms with Gasteiger partial charge < -0.3 is 0 Å². The minimum Gasteiger partial charge on any atom is -0.108 e. The van der Waals surface area contributed by atoms with Crippen molar-refractivity contribution < 1.29 is 0 Å². The molecule has 4 aliphatic rings. The highest BCUT2D eigenvalue weighted by Gasteiger charge is 2.84. The first-order chi connectivity index (χ1) is 5.93. The van der Waals surface area contributed by atoms with Crippen LogP contribution >= 0.6 is 8.20 Å². The van der Waals surface area contributed by atoms with Crippen LogP contribution in [-0.2, 0) is 0 Å². The van der Waals surface area contributed by atoms with Gasteiger partial charge in [-0.3, -0.25) is 0 Å². The lowest BCUT2D eigenvalue weighted by atomic mass is 9.93. The quantitative estimate of drug-likeness (QED) is 0.500. The third-order valence-corrected chi connectivity index (χ3v) is 6.29. The summed E-state index contributed by atoms with van der Waals surface area (Å²) in [6.45, 7) is 0. The molecule has 3 aliphatic carbocycles. The molecule has 1 heterocycles. The van der Waals surface area contributed by atoms with Crippen LogP contribution in [0.3, 0.4) is 0 Å². The number of hydrogen-bond donors (Lipinski definition) is 0. The Morgan fingerprint density at radius 3 is 3.25 bits per heavy atom. The SMILES string of the molecule is C1=P\CC2CCC3C4C/1C34CC2. The molecule has 1 heteroatoms. The maximum atomic E-state index is 2.65. The minimum atomic E-state index is 0.933. The third-order valence-electron chi connectivity index (χ3n) is 5.03. The molecule has 0 radical (unpaired) electrons. The minimum absolute atomic E-state index is 0.933. The van der Waals surface area contributed by atoms with Crippen LogP contribution in [0.2, 0.25) is 0 Å². The van der Waals surface area contributed by atoms with Crippen molar-refractivity contribution in [2.45, 2.75) is 25.7 Å². The molecule has 5 unspecified atom stereocenters. The zero-order valence-corrected chi connectivity index (χ0v) is 8.26. The van der Waals surface area contributed by atoms with E-state index in [2.05, 4.69) is 5.80 Å². The summed E-state index contributed by atoms with van der Waals surface area (Å²) in [6, 6.07) is 0. The molecule has 4 rings (SSSR count). The maximum absolute atomic E-state index is 2.65. The van der Waals surface area contributed by atoms with Crippen LogP contribution in [0, 0.1) is 29.1 Å². The molecule has 0 nitrogen and oxygen atoms in total. The van der Waals surface area contributed by atoms with Gasteiger partial charge in [-0.1, -0.05) is 5.80 Å². The van der Waals surface area contributed by atoms with E-state index in [1.54, 1.807) is 33.9 Å². The Labute approximate surface area is 75.5 Å². The smallest absolute Gasteiger partial charge is 0.00808 e. The fourth-order valence-electron chi connectivity index (χ4n) is 4.19. The second-order valence-corrected chi connectivity index (χ2v) is 6.30. The van der Waals surface area contributed by atoms with Gasteiger partial charge in [0, 0.05) is 0 Å². The molecule has 1 spiro atoms. The fraction of sp³-hybridized carbons (Fsp3) is 0.909. The van der Waals surface area contributed by atoms with Gasteiger partial charge in [0.05, 0.1) is 0 Å². The highest BCUT2D eigenvalue weighted by Crippen LogP contribution is 2.87. The van der Waals surface area contributed by atoms with Crippen LogP contribution in [0.25, 0.3) is 0 Å². The molecule has 0 aromatic rings. The van der Waals surface area contributed by atoms with Crippen LogP contribution in [0.4, 0.5) is 0 Å². The van der Waals surface area contributed by atoms with Crippen molar-refractivity contribution in [3.63, 3.8) is 0 Å². The first kappa shape index (κ1) is 6.60. The summed E-state index contributed by atoms with van der Waals surface area (Å²) < 4.78 is 0. The molecule has 64 valence electrons. The lowest BCUT2D eigenvalue weighted by Gasteiger charge is -2.15. The van der Waals surface area contributed by atoms with Crippen LogP contribution in [0.1, 0.15) is 25.7 Å². The zero-order valence-electron chi connectivity index (χ0n) is 7.37. The molecule has 12 heavy (non-hydrogen) atoms. The molecule has 3 saturated carbocycles. The van der Waals surface area contributed by atoms with Crippen LogP contribution < -0.4 is 0 Å². The monoisotopic (exact) mass is 178 g/mol. The second kappa shape index (κ2) is 1.82. The molecule has 1 aliphatic heterocycles. The van der Waals surface area contributed by atoms with Gasteiger partial charge in [0.15, 0.2) is 0 Å². The molecule has 0 aromatic carbocycles. The van der Waals surface area contributed by atoms with E-state index in [0.717, 1.165) is 17.3 Å². The van der Waals surface area contributed by atoms with Crippen molar-refractivity contribution in [3.05, 3.63) is 0 Å².